The van der Waals surface area contributed by atoms with Crippen LogP contribution in [0.2, 0.25) is 0 Å². The van der Waals surface area contributed by atoms with Crippen molar-refractivity contribution in [2.45, 2.75) is 38.5 Å². The summed E-state index contributed by atoms with van der Waals surface area (Å²) in [5.74, 6) is -0.127. The lowest BCUT2D eigenvalue weighted by Gasteiger charge is -2.31. The van der Waals surface area contributed by atoms with Crippen molar-refractivity contribution in [3.05, 3.63) is 23.7 Å². The molecule has 0 radical (unpaired) electrons. The third kappa shape index (κ3) is 4.98. The summed E-state index contributed by atoms with van der Waals surface area (Å²) in [6.45, 7) is 3.51. The third-order valence-corrected chi connectivity index (χ3v) is 7.94. The molecule has 0 unspecified atom stereocenters. The average Bonchev–Trinajstić information content (AvgIpc) is 3.29. The second-order valence-corrected chi connectivity index (χ2v) is 11.9. The van der Waals surface area contributed by atoms with Crippen molar-refractivity contribution >= 4 is 43.2 Å². The summed E-state index contributed by atoms with van der Waals surface area (Å²) in [5, 5.41) is 37.8. The highest BCUT2D eigenvalue weighted by Crippen LogP contribution is 2.40. The summed E-state index contributed by atoms with van der Waals surface area (Å²) in [5.41, 5.74) is 0.938. The van der Waals surface area contributed by atoms with Gasteiger partial charge < -0.3 is 26.0 Å². The van der Waals surface area contributed by atoms with Crippen molar-refractivity contribution in [3.8, 4) is 10.6 Å². The zero-order valence-corrected chi connectivity index (χ0v) is 20.7. The number of rotatable bonds is 8. The Balaban J connectivity index is 1.77. The Hall–Kier alpha value is -2.45. The minimum atomic E-state index is -3.17. The fourth-order valence-electron chi connectivity index (χ4n) is 4.07. The minimum Gasteiger partial charge on any atom is -0.396 e. The van der Waals surface area contributed by atoms with Gasteiger partial charge in [-0.1, -0.05) is 0 Å². The number of aryl methyl sites for hydroxylation is 2. The molecule has 11 nitrogen and oxygen atoms in total. The zero-order chi connectivity index (χ0) is 24.7. The largest absolute Gasteiger partial charge is 0.396 e. The predicted octanol–water partition coefficient (Wildman–Crippen LogP) is 1.09. The molecule has 1 saturated carbocycles. The van der Waals surface area contributed by atoms with Gasteiger partial charge in [0.1, 0.15) is 32.3 Å². The number of hydrogen-bond donors (Lipinski definition) is 5. The summed E-state index contributed by atoms with van der Waals surface area (Å²) in [6.07, 6.45) is 2.30. The van der Waals surface area contributed by atoms with Gasteiger partial charge in [-0.2, -0.15) is 4.98 Å². The van der Waals surface area contributed by atoms with E-state index in [-0.39, 0.29) is 37.1 Å². The van der Waals surface area contributed by atoms with Crippen molar-refractivity contribution in [2.24, 2.45) is 5.92 Å². The number of thiazole rings is 1. The number of anilines is 2. The summed E-state index contributed by atoms with van der Waals surface area (Å²) in [6, 6.07) is 1.87. The van der Waals surface area contributed by atoms with Gasteiger partial charge in [0.2, 0.25) is 5.95 Å². The summed E-state index contributed by atoms with van der Waals surface area (Å²) >= 11 is 1.43. The van der Waals surface area contributed by atoms with Gasteiger partial charge in [-0.05, 0) is 32.8 Å². The number of nitrogens with one attached hydrogen (secondary N) is 2. The molecule has 3 atom stereocenters. The quantitative estimate of drug-likeness (QED) is 0.276. The molecule has 3 aromatic heterocycles. The topological polar surface area (TPSA) is 170 Å². The zero-order valence-electron chi connectivity index (χ0n) is 19.1. The van der Waals surface area contributed by atoms with Crippen LogP contribution in [0.1, 0.15) is 24.2 Å². The van der Waals surface area contributed by atoms with E-state index < -0.39 is 27.6 Å². The van der Waals surface area contributed by atoms with Gasteiger partial charge in [-0.15, -0.1) is 11.3 Å². The molecule has 0 spiro atoms. The molecule has 0 saturated heterocycles. The Kier molecular flexibility index (Phi) is 6.75. The van der Waals surface area contributed by atoms with E-state index in [2.05, 4.69) is 25.6 Å². The molecule has 1 aliphatic carbocycles. The van der Waals surface area contributed by atoms with E-state index in [0.29, 0.717) is 22.7 Å². The van der Waals surface area contributed by atoms with E-state index in [1.165, 1.54) is 11.3 Å². The van der Waals surface area contributed by atoms with Crippen LogP contribution in [0.5, 0.6) is 0 Å². The lowest BCUT2D eigenvalue weighted by atomic mass is 10.0. The van der Waals surface area contributed by atoms with Crippen LogP contribution in [0.4, 0.5) is 11.8 Å². The average molecular weight is 509 g/mol. The molecule has 4 rings (SSSR count). The minimum absolute atomic E-state index is 0.0924. The predicted molar refractivity (Wildman–Crippen MR) is 131 cm³/mol. The van der Waals surface area contributed by atoms with Crippen LogP contribution in [0, 0.1) is 19.8 Å². The smallest absolute Gasteiger partial charge is 0.224 e. The van der Waals surface area contributed by atoms with E-state index >= 15 is 0 Å². The third-order valence-electron chi connectivity index (χ3n) is 5.95. The Morgan fingerprint density at radius 3 is 2.65 bits per heavy atom. The lowest BCUT2D eigenvalue weighted by Crippen LogP contribution is -2.48. The van der Waals surface area contributed by atoms with Crippen molar-refractivity contribution < 1.29 is 23.7 Å². The van der Waals surface area contributed by atoms with E-state index in [9.17, 15) is 23.7 Å². The molecule has 0 aliphatic heterocycles. The summed E-state index contributed by atoms with van der Waals surface area (Å²) < 4.78 is 23.9. The van der Waals surface area contributed by atoms with Crippen LogP contribution in [-0.2, 0) is 9.84 Å². The first kappa shape index (κ1) is 24.7. The highest BCUT2D eigenvalue weighted by Gasteiger charge is 2.47. The fourth-order valence-corrected chi connectivity index (χ4v) is 5.65. The van der Waals surface area contributed by atoms with Gasteiger partial charge in [0.25, 0.3) is 0 Å². The van der Waals surface area contributed by atoms with Gasteiger partial charge in [0.05, 0.1) is 27.4 Å². The Morgan fingerprint density at radius 2 is 2.00 bits per heavy atom. The Labute approximate surface area is 201 Å². The molecule has 3 aromatic rings. The van der Waals surface area contributed by atoms with Crippen LogP contribution in [0.15, 0.2) is 12.3 Å². The number of fused-ring (bicyclic) bond motifs is 1. The van der Waals surface area contributed by atoms with E-state index in [4.69, 9.17) is 4.98 Å². The van der Waals surface area contributed by atoms with Crippen molar-refractivity contribution in [1.29, 1.82) is 0 Å². The monoisotopic (exact) mass is 508 g/mol. The van der Waals surface area contributed by atoms with Gasteiger partial charge in [-0.3, -0.25) is 4.98 Å². The van der Waals surface area contributed by atoms with Crippen LogP contribution in [0.3, 0.4) is 0 Å². The summed E-state index contributed by atoms with van der Waals surface area (Å²) in [7, 11) is -3.17. The maximum Gasteiger partial charge on any atom is 0.224 e. The van der Waals surface area contributed by atoms with Gasteiger partial charge in [0, 0.05) is 31.5 Å². The highest BCUT2D eigenvalue weighted by atomic mass is 32.2. The van der Waals surface area contributed by atoms with Crippen molar-refractivity contribution in [1.82, 2.24) is 19.9 Å². The molecular weight excluding hydrogens is 480 g/mol. The molecule has 3 heterocycles. The molecule has 0 bridgehead atoms. The summed E-state index contributed by atoms with van der Waals surface area (Å²) in [4.78, 5) is 18.0. The fraction of sp³-hybridized carbons (Fsp3) is 0.524. The number of sulfone groups is 1. The second kappa shape index (κ2) is 9.30. The highest BCUT2D eigenvalue weighted by molar-refractivity contribution is 7.90. The second-order valence-electron chi connectivity index (χ2n) is 8.65. The van der Waals surface area contributed by atoms with Crippen LogP contribution in [0.25, 0.3) is 20.8 Å². The number of pyridine rings is 1. The molecule has 34 heavy (non-hydrogen) atoms. The number of aliphatic hydroxyl groups is 3. The SMILES string of the molecule is Cc1nc(NCCS(C)(=O)=O)nc(N[C@]2(O)CC[C@H](CO)[C@H]2O)c1-c1nc2c(C)nccc2s1. The number of aromatic nitrogens is 4. The van der Waals surface area contributed by atoms with Crippen molar-refractivity contribution in [3.63, 3.8) is 0 Å². The standard InChI is InChI=1S/C21H28N6O5S2/c1-11-15(19-25-16-12(2)22-7-5-14(16)33-19)18(26-20(24-11)23-8-9-34(3,31)32)27-21(30)6-4-13(10-28)17(21)29/h5,7,13,17,28-30H,4,6,8-10H2,1-3H3,(H2,23,24,26,27)/t13-,17-,21+/m1/s1. The Bertz CT molecular complexity index is 1310. The van der Waals surface area contributed by atoms with Gasteiger partial charge >= 0.3 is 0 Å². The maximum atomic E-state index is 11.5. The van der Waals surface area contributed by atoms with Crippen LogP contribution < -0.4 is 10.6 Å². The molecule has 1 fully saturated rings. The first-order valence-corrected chi connectivity index (χ1v) is 13.7. The van der Waals surface area contributed by atoms with Crippen LogP contribution in [-0.4, -0.2) is 80.7 Å². The molecule has 5 N–H and O–H groups in total. The molecule has 0 amide bonds. The van der Waals surface area contributed by atoms with E-state index in [1.54, 1.807) is 13.1 Å². The normalized spacial score (nSPS) is 22.9. The molecule has 1 aliphatic rings. The van der Waals surface area contributed by atoms with Gasteiger partial charge in [-0.25, -0.2) is 18.4 Å². The lowest BCUT2D eigenvalue weighted by molar-refractivity contribution is -0.0545. The van der Waals surface area contributed by atoms with E-state index in [0.717, 1.165) is 22.2 Å². The van der Waals surface area contributed by atoms with E-state index in [1.807, 2.05) is 13.0 Å². The Morgan fingerprint density at radius 1 is 1.24 bits per heavy atom. The van der Waals surface area contributed by atoms with Crippen molar-refractivity contribution in [2.75, 3.05) is 35.8 Å². The molecule has 0 aromatic carbocycles. The first-order chi connectivity index (χ1) is 16.0. The molecule has 13 heteroatoms. The van der Waals surface area contributed by atoms with Crippen LogP contribution >= 0.6 is 11.3 Å². The molecular formula is C21H28N6O5S2. The number of aliphatic hydroxyl groups excluding tert-OH is 2. The number of nitrogens with zero attached hydrogens (tertiary/aromatic N) is 4. The first-order valence-electron chi connectivity index (χ1n) is 10.8. The van der Waals surface area contributed by atoms with Gasteiger partial charge in [0.15, 0.2) is 5.72 Å². The molecule has 184 valence electrons. The number of hydrogen-bond acceptors (Lipinski definition) is 12. The maximum absolute atomic E-state index is 11.5.